The molecule has 3 N–H and O–H groups in total. The molecule has 1 aliphatic rings. The minimum Gasteiger partial charge on any atom is -0.398 e. The van der Waals surface area contributed by atoms with E-state index in [1.807, 2.05) is 6.92 Å². The Morgan fingerprint density at radius 2 is 2.00 bits per heavy atom. The fraction of sp³-hybridized carbons (Fsp3) is 0.400. The molecule has 0 radical (unpaired) electrons. The SMILES string of the molecule is CC1CC1NS(=O)(=O)c1c(N)cc(Cl)cc1Cl. The third-order valence-electron chi connectivity index (χ3n) is 2.72. The molecule has 1 aromatic rings. The number of hydrogen-bond donors (Lipinski definition) is 2. The van der Waals surface area contributed by atoms with E-state index in [9.17, 15) is 8.42 Å². The van der Waals surface area contributed by atoms with E-state index in [4.69, 9.17) is 28.9 Å². The van der Waals surface area contributed by atoms with Crippen molar-refractivity contribution in [3.63, 3.8) is 0 Å². The second-order valence-electron chi connectivity index (χ2n) is 4.25. The van der Waals surface area contributed by atoms with Gasteiger partial charge in [0.25, 0.3) is 0 Å². The first-order chi connectivity index (χ1) is 7.81. The van der Waals surface area contributed by atoms with E-state index >= 15 is 0 Å². The molecular weight excluding hydrogens is 283 g/mol. The Morgan fingerprint density at radius 1 is 1.41 bits per heavy atom. The number of hydrogen-bond acceptors (Lipinski definition) is 3. The minimum absolute atomic E-state index is 0.0221. The van der Waals surface area contributed by atoms with Crippen LogP contribution < -0.4 is 10.5 Å². The minimum atomic E-state index is -3.67. The molecule has 1 aromatic carbocycles. The number of benzene rings is 1. The highest BCUT2D eigenvalue weighted by Gasteiger charge is 2.37. The fourth-order valence-corrected chi connectivity index (χ4v) is 3.95. The van der Waals surface area contributed by atoms with Crippen molar-refractivity contribution in [3.05, 3.63) is 22.2 Å². The monoisotopic (exact) mass is 294 g/mol. The van der Waals surface area contributed by atoms with E-state index in [0.29, 0.717) is 10.9 Å². The number of rotatable bonds is 3. The Hall–Kier alpha value is -0.490. The Balaban J connectivity index is 2.39. The molecule has 0 aliphatic heterocycles. The molecule has 7 heteroatoms. The number of sulfonamides is 1. The second-order valence-corrected chi connectivity index (χ2v) is 6.74. The maximum atomic E-state index is 12.1. The average Bonchev–Trinajstić information content (AvgIpc) is 2.76. The highest BCUT2D eigenvalue weighted by Crippen LogP contribution is 2.35. The summed E-state index contributed by atoms with van der Waals surface area (Å²) in [6.45, 7) is 1.97. The summed E-state index contributed by atoms with van der Waals surface area (Å²) in [7, 11) is -3.67. The summed E-state index contributed by atoms with van der Waals surface area (Å²) in [6.07, 6.45) is 0.838. The summed E-state index contributed by atoms with van der Waals surface area (Å²) in [4.78, 5) is -0.0948. The zero-order valence-corrected chi connectivity index (χ0v) is 11.4. The van der Waals surface area contributed by atoms with Crippen molar-refractivity contribution in [2.24, 2.45) is 5.92 Å². The molecular formula is C10H12Cl2N2O2S. The van der Waals surface area contributed by atoms with Gasteiger partial charge in [0.2, 0.25) is 10.0 Å². The Kier molecular flexibility index (Phi) is 3.29. The lowest BCUT2D eigenvalue weighted by Gasteiger charge is -2.10. The van der Waals surface area contributed by atoms with Crippen molar-refractivity contribution in [2.45, 2.75) is 24.3 Å². The van der Waals surface area contributed by atoms with Crippen LogP contribution in [-0.2, 0) is 10.0 Å². The van der Waals surface area contributed by atoms with Gasteiger partial charge < -0.3 is 5.73 Å². The molecule has 0 spiro atoms. The number of anilines is 1. The quantitative estimate of drug-likeness (QED) is 0.840. The average molecular weight is 295 g/mol. The van der Waals surface area contributed by atoms with Gasteiger partial charge in [0.1, 0.15) is 4.90 Å². The van der Waals surface area contributed by atoms with Crippen LogP contribution in [0, 0.1) is 5.92 Å². The normalized spacial score (nSPS) is 23.7. The summed E-state index contributed by atoms with van der Waals surface area (Å²) in [5, 5.41) is 0.349. The van der Waals surface area contributed by atoms with Gasteiger partial charge in [-0.1, -0.05) is 30.1 Å². The third-order valence-corrected chi connectivity index (χ3v) is 4.96. The molecule has 2 atom stereocenters. The van der Waals surface area contributed by atoms with E-state index in [1.54, 1.807) is 0 Å². The molecule has 2 rings (SSSR count). The smallest absolute Gasteiger partial charge is 0.244 e. The van der Waals surface area contributed by atoms with Crippen LogP contribution in [-0.4, -0.2) is 14.5 Å². The molecule has 0 bridgehead atoms. The van der Waals surface area contributed by atoms with Gasteiger partial charge in [0.05, 0.1) is 10.7 Å². The second kappa shape index (κ2) is 4.31. The summed E-state index contributed by atoms with van der Waals surface area (Å²) in [6, 6.07) is 2.72. The maximum Gasteiger partial charge on any atom is 0.244 e. The van der Waals surface area contributed by atoms with E-state index in [1.165, 1.54) is 12.1 Å². The number of nitrogens with one attached hydrogen (secondary N) is 1. The van der Waals surface area contributed by atoms with Crippen molar-refractivity contribution < 1.29 is 8.42 Å². The molecule has 0 amide bonds. The predicted molar refractivity (Wildman–Crippen MR) is 68.8 cm³/mol. The zero-order chi connectivity index (χ0) is 12.8. The van der Waals surface area contributed by atoms with Gasteiger partial charge in [-0.05, 0) is 24.5 Å². The molecule has 4 nitrogen and oxygen atoms in total. The highest BCUT2D eigenvalue weighted by molar-refractivity contribution is 7.89. The molecule has 1 saturated carbocycles. The number of halogens is 2. The van der Waals surface area contributed by atoms with Crippen molar-refractivity contribution in [1.29, 1.82) is 0 Å². The van der Waals surface area contributed by atoms with E-state index < -0.39 is 10.0 Å². The lowest BCUT2D eigenvalue weighted by atomic mass is 10.3. The van der Waals surface area contributed by atoms with Crippen molar-refractivity contribution in [3.8, 4) is 0 Å². The lowest BCUT2D eigenvalue weighted by Crippen LogP contribution is -2.27. The maximum absolute atomic E-state index is 12.1. The molecule has 1 aliphatic carbocycles. The molecule has 0 aromatic heterocycles. The summed E-state index contributed by atoms with van der Waals surface area (Å²) in [5.74, 6) is 0.358. The van der Waals surface area contributed by atoms with E-state index in [2.05, 4.69) is 4.72 Å². The third kappa shape index (κ3) is 2.68. The molecule has 1 fully saturated rings. The van der Waals surface area contributed by atoms with E-state index in [0.717, 1.165) is 6.42 Å². The molecule has 0 saturated heterocycles. The van der Waals surface area contributed by atoms with Crippen LogP contribution >= 0.6 is 23.2 Å². The predicted octanol–water partition coefficient (Wildman–Crippen LogP) is 2.26. The van der Waals surface area contributed by atoms with Gasteiger partial charge in [-0.25, -0.2) is 13.1 Å². The molecule has 94 valence electrons. The van der Waals surface area contributed by atoms with Crippen LogP contribution in [0.3, 0.4) is 0 Å². The lowest BCUT2D eigenvalue weighted by molar-refractivity contribution is 0.579. The summed E-state index contributed by atoms with van der Waals surface area (Å²) in [5.41, 5.74) is 5.71. The van der Waals surface area contributed by atoms with Crippen molar-refractivity contribution in [1.82, 2.24) is 4.72 Å². The van der Waals surface area contributed by atoms with Gasteiger partial charge in [-0.15, -0.1) is 0 Å². The first-order valence-corrected chi connectivity index (χ1v) is 7.32. The van der Waals surface area contributed by atoms with Crippen LogP contribution in [0.25, 0.3) is 0 Å². The van der Waals surface area contributed by atoms with Crippen LogP contribution in [0.15, 0.2) is 17.0 Å². The van der Waals surface area contributed by atoms with Crippen molar-refractivity contribution >= 4 is 38.9 Å². The van der Waals surface area contributed by atoms with E-state index in [-0.39, 0.29) is 21.6 Å². The zero-order valence-electron chi connectivity index (χ0n) is 9.07. The first-order valence-electron chi connectivity index (χ1n) is 5.08. The summed E-state index contributed by atoms with van der Waals surface area (Å²) < 4.78 is 26.7. The van der Waals surface area contributed by atoms with Crippen LogP contribution in [0.4, 0.5) is 5.69 Å². The Morgan fingerprint density at radius 3 is 2.47 bits per heavy atom. The van der Waals surface area contributed by atoms with Gasteiger partial charge in [-0.3, -0.25) is 0 Å². The van der Waals surface area contributed by atoms with Crippen LogP contribution in [0.2, 0.25) is 10.0 Å². The van der Waals surface area contributed by atoms with Gasteiger partial charge in [0.15, 0.2) is 0 Å². The Bertz CT molecular complexity index is 536. The topological polar surface area (TPSA) is 72.2 Å². The Labute approximate surface area is 110 Å². The molecule has 0 heterocycles. The van der Waals surface area contributed by atoms with Gasteiger partial charge in [-0.2, -0.15) is 0 Å². The number of nitrogens with two attached hydrogens (primary N) is 1. The largest absolute Gasteiger partial charge is 0.398 e. The van der Waals surface area contributed by atoms with Crippen LogP contribution in [0.1, 0.15) is 13.3 Å². The van der Waals surface area contributed by atoms with Gasteiger partial charge in [0, 0.05) is 11.1 Å². The van der Waals surface area contributed by atoms with Gasteiger partial charge >= 0.3 is 0 Å². The summed E-state index contributed by atoms with van der Waals surface area (Å²) >= 11 is 11.6. The number of nitrogen functional groups attached to an aromatic ring is 1. The van der Waals surface area contributed by atoms with Crippen molar-refractivity contribution in [2.75, 3.05) is 5.73 Å². The first kappa shape index (κ1) is 13.0. The molecule has 17 heavy (non-hydrogen) atoms. The molecule has 2 unspecified atom stereocenters. The van der Waals surface area contributed by atoms with Crippen LogP contribution in [0.5, 0.6) is 0 Å². The standard InChI is InChI=1S/C10H12Cl2N2O2S/c1-5-2-9(5)14-17(15,16)10-7(12)3-6(11)4-8(10)13/h3-5,9,14H,2,13H2,1H3. The highest BCUT2D eigenvalue weighted by atomic mass is 35.5. The fourth-order valence-electron chi connectivity index (χ4n) is 1.61.